The molecule has 6 nitrogen and oxygen atoms in total. The van der Waals surface area contributed by atoms with E-state index in [2.05, 4.69) is 124 Å². The molecule has 0 spiro atoms. The van der Waals surface area contributed by atoms with Crippen LogP contribution in [0.1, 0.15) is 265 Å². The van der Waals surface area contributed by atoms with Crippen LogP contribution in [-0.2, 0) is 28.6 Å². The summed E-state index contributed by atoms with van der Waals surface area (Å²) in [7, 11) is 0. The van der Waals surface area contributed by atoms with E-state index in [0.29, 0.717) is 19.3 Å². The maximum absolute atomic E-state index is 12.9. The summed E-state index contributed by atoms with van der Waals surface area (Å²) in [6.45, 7) is 6.35. The van der Waals surface area contributed by atoms with E-state index in [4.69, 9.17) is 14.2 Å². The van der Waals surface area contributed by atoms with Crippen LogP contribution in [0.5, 0.6) is 0 Å². The number of allylic oxidation sites excluding steroid dienone is 18. The second kappa shape index (κ2) is 58.6. The van der Waals surface area contributed by atoms with Gasteiger partial charge >= 0.3 is 17.9 Å². The van der Waals surface area contributed by atoms with E-state index in [1.54, 1.807) is 0 Å². The normalized spacial score (nSPS) is 12.9. The smallest absolute Gasteiger partial charge is 0.306 e. The number of hydrogen-bond donors (Lipinski definition) is 0. The van der Waals surface area contributed by atoms with Gasteiger partial charge in [0, 0.05) is 19.3 Å². The Morgan fingerprint density at radius 3 is 0.944 bits per heavy atom. The molecule has 0 radical (unpaired) electrons. The predicted octanol–water partition coefficient (Wildman–Crippen LogP) is 19.9. The summed E-state index contributed by atoms with van der Waals surface area (Å²) < 4.78 is 16.8. The Balaban J connectivity index is 4.50. The molecule has 0 bridgehead atoms. The molecule has 0 N–H and O–H groups in total. The van der Waals surface area contributed by atoms with E-state index in [0.717, 1.165) is 116 Å². The lowest BCUT2D eigenvalue weighted by Gasteiger charge is -2.18. The highest BCUT2D eigenvalue weighted by atomic mass is 16.6. The Hall–Kier alpha value is -3.93. The molecule has 0 heterocycles. The fraction of sp³-hybridized carbons (Fsp3) is 0.677. The molecular weight excluding hydrogens is 877 g/mol. The zero-order valence-corrected chi connectivity index (χ0v) is 46.2. The van der Waals surface area contributed by atoms with Crippen LogP contribution in [0.2, 0.25) is 0 Å². The fourth-order valence-electron chi connectivity index (χ4n) is 7.95. The van der Waals surface area contributed by atoms with Crippen molar-refractivity contribution in [3.8, 4) is 0 Å². The van der Waals surface area contributed by atoms with Crippen LogP contribution in [-0.4, -0.2) is 37.2 Å². The maximum Gasteiger partial charge on any atom is 0.306 e. The summed E-state index contributed by atoms with van der Waals surface area (Å²) in [4.78, 5) is 38.2. The molecule has 6 heteroatoms. The largest absolute Gasteiger partial charge is 0.462 e. The Bertz CT molecular complexity index is 1460. The average Bonchev–Trinajstić information content (AvgIpc) is 3.37. The molecule has 0 aromatic heterocycles. The summed E-state index contributed by atoms with van der Waals surface area (Å²) in [5.41, 5.74) is 0. The number of hydrogen-bond acceptors (Lipinski definition) is 6. The van der Waals surface area contributed by atoms with Crippen molar-refractivity contribution in [2.24, 2.45) is 0 Å². The molecule has 0 aliphatic rings. The van der Waals surface area contributed by atoms with Crippen molar-refractivity contribution < 1.29 is 28.6 Å². The molecule has 0 amide bonds. The highest BCUT2D eigenvalue weighted by molar-refractivity contribution is 5.71. The number of esters is 3. The number of rotatable bonds is 52. The molecule has 0 aliphatic carbocycles. The first-order chi connectivity index (χ1) is 35.0. The van der Waals surface area contributed by atoms with Crippen molar-refractivity contribution in [2.75, 3.05) is 13.2 Å². The van der Waals surface area contributed by atoms with Crippen LogP contribution in [0.15, 0.2) is 109 Å². The van der Waals surface area contributed by atoms with Crippen LogP contribution in [0.3, 0.4) is 0 Å². The minimum atomic E-state index is -0.817. The Labute approximate surface area is 438 Å². The topological polar surface area (TPSA) is 78.9 Å². The standard InChI is InChI=1S/C65H108O6/c1-4-7-10-13-16-19-22-25-28-30-32-34-37-40-43-46-49-52-55-58-64(67)70-61-62(60-69-63(66)57-54-51-48-45-42-39-36-27-24-21-18-15-12-9-6-3)71-65(68)59-56-53-50-47-44-41-38-35-33-31-29-26-23-20-17-14-11-8-5-2/h7,9-10,12,16,18-19,21,25,27-28,32,34,36,40,43,49,52,62H,4-6,8,11,13-15,17,20,22-24,26,29-31,33,35,37-39,41-42,44-48,50-51,53-61H2,1-3H3/b10-7-,12-9-,19-16-,21-18-,28-25-,34-32-,36-27-,43-40-,52-49-/t62-/m1/s1. The highest BCUT2D eigenvalue weighted by Crippen LogP contribution is 2.16. The van der Waals surface area contributed by atoms with Crippen LogP contribution < -0.4 is 0 Å². The van der Waals surface area contributed by atoms with Crippen LogP contribution >= 0.6 is 0 Å². The first-order valence-corrected chi connectivity index (χ1v) is 29.4. The van der Waals surface area contributed by atoms with Gasteiger partial charge in [0.15, 0.2) is 6.10 Å². The van der Waals surface area contributed by atoms with Gasteiger partial charge in [0.1, 0.15) is 13.2 Å². The molecule has 404 valence electrons. The summed E-state index contributed by atoms with van der Waals surface area (Å²) >= 11 is 0. The molecule has 0 aromatic rings. The van der Waals surface area contributed by atoms with Crippen LogP contribution in [0, 0.1) is 0 Å². The fourth-order valence-corrected chi connectivity index (χ4v) is 7.95. The molecule has 0 unspecified atom stereocenters. The SMILES string of the molecule is CC/C=C\C/C=C\C/C=C\C/C=C\C/C=C\C/C=C\CCC(=O)OC[C@@H](COC(=O)CCCCCCC/C=C\C/C=C\C/C=C\CC)OC(=O)CCCCCCCCCCCCCCCCCCCCC. The van der Waals surface area contributed by atoms with Gasteiger partial charge in [0.05, 0.1) is 0 Å². The van der Waals surface area contributed by atoms with Crippen LogP contribution in [0.4, 0.5) is 0 Å². The average molecular weight is 986 g/mol. The van der Waals surface area contributed by atoms with Crippen molar-refractivity contribution in [1.29, 1.82) is 0 Å². The van der Waals surface area contributed by atoms with E-state index >= 15 is 0 Å². The van der Waals surface area contributed by atoms with Gasteiger partial charge in [-0.15, -0.1) is 0 Å². The first-order valence-electron chi connectivity index (χ1n) is 29.4. The zero-order valence-electron chi connectivity index (χ0n) is 46.2. The summed E-state index contributed by atoms with van der Waals surface area (Å²) in [5, 5.41) is 0. The number of ether oxygens (including phenoxy) is 3. The van der Waals surface area contributed by atoms with E-state index in [-0.39, 0.29) is 37.5 Å². The Morgan fingerprint density at radius 2 is 0.577 bits per heavy atom. The van der Waals surface area contributed by atoms with Crippen molar-refractivity contribution in [3.63, 3.8) is 0 Å². The van der Waals surface area contributed by atoms with E-state index in [1.165, 1.54) is 103 Å². The quantitative estimate of drug-likeness (QED) is 0.0261. The maximum atomic E-state index is 12.9. The third-order valence-corrected chi connectivity index (χ3v) is 12.3. The lowest BCUT2D eigenvalue weighted by atomic mass is 10.0. The van der Waals surface area contributed by atoms with E-state index in [1.807, 2.05) is 6.08 Å². The third-order valence-electron chi connectivity index (χ3n) is 12.3. The van der Waals surface area contributed by atoms with Gasteiger partial charge in [-0.05, 0) is 89.9 Å². The zero-order chi connectivity index (χ0) is 51.4. The van der Waals surface area contributed by atoms with Gasteiger partial charge in [0.25, 0.3) is 0 Å². The second-order valence-corrected chi connectivity index (χ2v) is 19.1. The summed E-state index contributed by atoms with van der Waals surface area (Å²) in [6.07, 6.45) is 79.5. The molecule has 0 fully saturated rings. The van der Waals surface area contributed by atoms with Gasteiger partial charge in [0.2, 0.25) is 0 Å². The van der Waals surface area contributed by atoms with E-state index in [9.17, 15) is 14.4 Å². The van der Waals surface area contributed by atoms with Gasteiger partial charge in [-0.1, -0.05) is 265 Å². The first kappa shape index (κ1) is 67.1. The van der Waals surface area contributed by atoms with Crippen molar-refractivity contribution in [1.82, 2.24) is 0 Å². The summed E-state index contributed by atoms with van der Waals surface area (Å²) in [5.74, 6) is -1.01. The van der Waals surface area contributed by atoms with Crippen LogP contribution in [0.25, 0.3) is 0 Å². The molecule has 1 atom stereocenters. The number of carbonyl (C=O) groups is 3. The molecule has 0 aliphatic heterocycles. The lowest BCUT2D eigenvalue weighted by Crippen LogP contribution is -2.30. The molecule has 0 aromatic carbocycles. The molecule has 0 rings (SSSR count). The van der Waals surface area contributed by atoms with Crippen molar-refractivity contribution in [3.05, 3.63) is 109 Å². The third kappa shape index (κ3) is 56.9. The predicted molar refractivity (Wildman–Crippen MR) is 307 cm³/mol. The Morgan fingerprint density at radius 1 is 0.296 bits per heavy atom. The minimum Gasteiger partial charge on any atom is -0.462 e. The second-order valence-electron chi connectivity index (χ2n) is 19.1. The lowest BCUT2D eigenvalue weighted by molar-refractivity contribution is -0.166. The van der Waals surface area contributed by atoms with Gasteiger partial charge in [-0.3, -0.25) is 14.4 Å². The minimum absolute atomic E-state index is 0.110. The van der Waals surface area contributed by atoms with Gasteiger partial charge in [-0.25, -0.2) is 0 Å². The monoisotopic (exact) mass is 985 g/mol. The van der Waals surface area contributed by atoms with Gasteiger partial charge < -0.3 is 14.2 Å². The molecule has 0 saturated heterocycles. The van der Waals surface area contributed by atoms with Gasteiger partial charge in [-0.2, -0.15) is 0 Å². The highest BCUT2D eigenvalue weighted by Gasteiger charge is 2.19. The molecule has 0 saturated carbocycles. The Kier molecular flexibility index (Phi) is 55.4. The molecular formula is C65H108O6. The van der Waals surface area contributed by atoms with Crippen molar-refractivity contribution in [2.45, 2.75) is 271 Å². The number of carbonyl (C=O) groups excluding carboxylic acids is 3. The molecule has 71 heavy (non-hydrogen) atoms. The van der Waals surface area contributed by atoms with Crippen molar-refractivity contribution >= 4 is 17.9 Å². The number of unbranched alkanes of at least 4 members (excludes halogenated alkanes) is 23. The summed E-state index contributed by atoms with van der Waals surface area (Å²) in [6, 6.07) is 0. The van der Waals surface area contributed by atoms with E-state index < -0.39 is 6.10 Å².